The summed E-state index contributed by atoms with van der Waals surface area (Å²) in [6, 6.07) is 0.645. The van der Waals surface area contributed by atoms with Crippen molar-refractivity contribution in [2.75, 3.05) is 13.6 Å². The second-order valence-electron chi connectivity index (χ2n) is 3.74. The van der Waals surface area contributed by atoms with E-state index in [4.69, 9.17) is 5.11 Å². The van der Waals surface area contributed by atoms with Gasteiger partial charge in [0, 0.05) is 6.04 Å². The van der Waals surface area contributed by atoms with Crippen molar-refractivity contribution in [3.05, 3.63) is 0 Å². The third kappa shape index (κ3) is 2.21. The first-order chi connectivity index (χ1) is 5.61. The Bertz CT molecular complexity index is 170. The predicted octanol–water partition coefficient (Wildman–Crippen LogP) is 1.19. The first-order valence-electron chi connectivity index (χ1n) is 4.54. The molecule has 0 spiro atoms. The number of carbonyl (C=O) groups is 1. The maximum atomic E-state index is 10.5. The molecule has 0 radical (unpaired) electrons. The van der Waals surface area contributed by atoms with E-state index in [9.17, 15) is 4.79 Å². The number of hydrogen-bond donors (Lipinski definition) is 1. The number of likely N-dealkylation sites (tertiary alicyclic amines) is 1. The maximum Gasteiger partial charge on any atom is 0.306 e. The molecule has 70 valence electrons. The lowest BCUT2D eigenvalue weighted by atomic mass is 9.94. The Morgan fingerprint density at radius 1 is 1.75 bits per heavy atom. The zero-order valence-electron chi connectivity index (χ0n) is 7.79. The number of nitrogens with zero attached hydrogens (tertiary/aromatic N) is 1. The molecule has 2 unspecified atom stereocenters. The molecule has 0 aromatic heterocycles. The van der Waals surface area contributed by atoms with Crippen molar-refractivity contribution in [2.24, 2.45) is 5.92 Å². The summed E-state index contributed by atoms with van der Waals surface area (Å²) in [7, 11) is 2.10. The normalized spacial score (nSPS) is 26.3. The molecular weight excluding hydrogens is 154 g/mol. The van der Waals surface area contributed by atoms with Gasteiger partial charge in [-0.05, 0) is 32.9 Å². The highest BCUT2D eigenvalue weighted by Gasteiger charge is 2.24. The SMILES string of the molecule is CC(CCC1CCN1C)C(=O)O. The fourth-order valence-corrected chi connectivity index (χ4v) is 1.50. The molecule has 0 aromatic rings. The summed E-state index contributed by atoms with van der Waals surface area (Å²) < 4.78 is 0. The van der Waals surface area contributed by atoms with Gasteiger partial charge < -0.3 is 10.0 Å². The van der Waals surface area contributed by atoms with Gasteiger partial charge in [0.1, 0.15) is 0 Å². The van der Waals surface area contributed by atoms with Crippen LogP contribution in [0.3, 0.4) is 0 Å². The Morgan fingerprint density at radius 3 is 2.75 bits per heavy atom. The lowest BCUT2D eigenvalue weighted by molar-refractivity contribution is -0.141. The van der Waals surface area contributed by atoms with Gasteiger partial charge in [-0.3, -0.25) is 4.79 Å². The average molecular weight is 171 g/mol. The second kappa shape index (κ2) is 3.90. The summed E-state index contributed by atoms with van der Waals surface area (Å²) in [5.41, 5.74) is 0. The van der Waals surface area contributed by atoms with Crippen molar-refractivity contribution >= 4 is 5.97 Å². The standard InChI is InChI=1S/C9H17NO2/c1-7(9(11)12)3-4-8-5-6-10(8)2/h7-8H,3-6H2,1-2H3,(H,11,12). The minimum absolute atomic E-state index is 0.181. The van der Waals surface area contributed by atoms with Gasteiger partial charge in [-0.15, -0.1) is 0 Å². The van der Waals surface area contributed by atoms with Gasteiger partial charge in [0.15, 0.2) is 0 Å². The first-order valence-corrected chi connectivity index (χ1v) is 4.54. The summed E-state index contributed by atoms with van der Waals surface area (Å²) in [6.45, 7) is 2.95. The van der Waals surface area contributed by atoms with Crippen LogP contribution >= 0.6 is 0 Å². The third-order valence-corrected chi connectivity index (χ3v) is 2.79. The molecule has 3 nitrogen and oxygen atoms in total. The molecule has 2 atom stereocenters. The first kappa shape index (κ1) is 9.52. The summed E-state index contributed by atoms with van der Waals surface area (Å²) in [6.07, 6.45) is 3.08. The molecule has 12 heavy (non-hydrogen) atoms. The van der Waals surface area contributed by atoms with Crippen molar-refractivity contribution in [1.82, 2.24) is 4.90 Å². The highest BCUT2D eigenvalue weighted by Crippen LogP contribution is 2.21. The number of carboxylic acids is 1. The molecule has 0 aromatic carbocycles. The van der Waals surface area contributed by atoms with Crippen molar-refractivity contribution < 1.29 is 9.90 Å². The Kier molecular flexibility index (Phi) is 3.09. The van der Waals surface area contributed by atoms with E-state index >= 15 is 0 Å². The Morgan fingerprint density at radius 2 is 2.42 bits per heavy atom. The quantitative estimate of drug-likeness (QED) is 0.690. The molecule has 0 saturated carbocycles. The minimum Gasteiger partial charge on any atom is -0.481 e. The third-order valence-electron chi connectivity index (χ3n) is 2.79. The van der Waals surface area contributed by atoms with Crippen molar-refractivity contribution in [2.45, 2.75) is 32.2 Å². The van der Waals surface area contributed by atoms with E-state index in [1.54, 1.807) is 6.92 Å². The number of aliphatic carboxylic acids is 1. The number of rotatable bonds is 4. The van der Waals surface area contributed by atoms with Crippen LogP contribution in [0, 0.1) is 5.92 Å². The molecule has 0 amide bonds. The molecule has 1 aliphatic rings. The molecule has 0 aliphatic carbocycles. The Labute approximate surface area is 73.4 Å². The van der Waals surface area contributed by atoms with E-state index in [1.165, 1.54) is 13.0 Å². The van der Waals surface area contributed by atoms with Crippen LogP contribution in [0.25, 0.3) is 0 Å². The number of hydrogen-bond acceptors (Lipinski definition) is 2. The largest absolute Gasteiger partial charge is 0.481 e. The summed E-state index contributed by atoms with van der Waals surface area (Å²) in [5, 5.41) is 8.64. The van der Waals surface area contributed by atoms with Crippen LogP contribution in [-0.4, -0.2) is 35.6 Å². The summed E-state index contributed by atoms with van der Waals surface area (Å²) in [5.74, 6) is -0.851. The van der Waals surface area contributed by atoms with Crippen LogP contribution in [0.5, 0.6) is 0 Å². The summed E-state index contributed by atoms with van der Waals surface area (Å²) in [4.78, 5) is 12.8. The van der Waals surface area contributed by atoms with Gasteiger partial charge in [0.05, 0.1) is 5.92 Å². The van der Waals surface area contributed by atoms with Gasteiger partial charge in [0.25, 0.3) is 0 Å². The van der Waals surface area contributed by atoms with E-state index in [1.807, 2.05) is 0 Å². The molecule has 1 heterocycles. The van der Waals surface area contributed by atoms with Crippen LogP contribution in [-0.2, 0) is 4.79 Å². The van der Waals surface area contributed by atoms with Crippen LogP contribution in [0.15, 0.2) is 0 Å². The van der Waals surface area contributed by atoms with Crippen LogP contribution in [0.1, 0.15) is 26.2 Å². The average Bonchev–Trinajstić information content (AvgIpc) is 2.01. The lowest BCUT2D eigenvalue weighted by Gasteiger charge is -2.38. The molecule has 0 bridgehead atoms. The van der Waals surface area contributed by atoms with Crippen LogP contribution in [0.2, 0.25) is 0 Å². The monoisotopic (exact) mass is 171 g/mol. The van der Waals surface area contributed by atoms with E-state index in [-0.39, 0.29) is 5.92 Å². The van der Waals surface area contributed by atoms with Gasteiger partial charge >= 0.3 is 5.97 Å². The summed E-state index contributed by atoms with van der Waals surface area (Å²) >= 11 is 0. The second-order valence-corrected chi connectivity index (χ2v) is 3.74. The number of carboxylic acid groups (broad SMARTS) is 1. The molecular formula is C9H17NO2. The van der Waals surface area contributed by atoms with Crippen molar-refractivity contribution in [3.8, 4) is 0 Å². The van der Waals surface area contributed by atoms with Crippen LogP contribution in [0.4, 0.5) is 0 Å². The van der Waals surface area contributed by atoms with Gasteiger partial charge in [-0.2, -0.15) is 0 Å². The van der Waals surface area contributed by atoms with E-state index in [0.717, 1.165) is 12.8 Å². The van der Waals surface area contributed by atoms with E-state index in [2.05, 4.69) is 11.9 Å². The fourth-order valence-electron chi connectivity index (χ4n) is 1.50. The van der Waals surface area contributed by atoms with Crippen LogP contribution < -0.4 is 0 Å². The van der Waals surface area contributed by atoms with E-state index in [0.29, 0.717) is 6.04 Å². The molecule has 1 fully saturated rings. The predicted molar refractivity (Wildman–Crippen MR) is 47.1 cm³/mol. The molecule has 1 N–H and O–H groups in total. The van der Waals surface area contributed by atoms with Crippen molar-refractivity contribution in [3.63, 3.8) is 0 Å². The lowest BCUT2D eigenvalue weighted by Crippen LogP contribution is -2.44. The molecule has 1 saturated heterocycles. The minimum atomic E-state index is -0.669. The van der Waals surface area contributed by atoms with Crippen molar-refractivity contribution in [1.29, 1.82) is 0 Å². The highest BCUT2D eigenvalue weighted by molar-refractivity contribution is 5.69. The highest BCUT2D eigenvalue weighted by atomic mass is 16.4. The zero-order valence-corrected chi connectivity index (χ0v) is 7.79. The molecule has 3 heteroatoms. The topological polar surface area (TPSA) is 40.5 Å². The van der Waals surface area contributed by atoms with Gasteiger partial charge in [-0.1, -0.05) is 6.92 Å². The molecule has 1 rings (SSSR count). The Hall–Kier alpha value is -0.570. The van der Waals surface area contributed by atoms with Gasteiger partial charge in [0.2, 0.25) is 0 Å². The van der Waals surface area contributed by atoms with E-state index < -0.39 is 5.97 Å². The zero-order chi connectivity index (χ0) is 9.14. The molecule has 1 aliphatic heterocycles. The fraction of sp³-hybridized carbons (Fsp3) is 0.889. The van der Waals surface area contributed by atoms with Gasteiger partial charge in [-0.25, -0.2) is 0 Å². The Balaban J connectivity index is 2.12. The maximum absolute atomic E-state index is 10.5. The smallest absolute Gasteiger partial charge is 0.306 e.